The highest BCUT2D eigenvalue weighted by Crippen LogP contribution is 2.14. The summed E-state index contributed by atoms with van der Waals surface area (Å²) >= 11 is 5.96. The molecule has 114 valence electrons. The van der Waals surface area contributed by atoms with Crippen molar-refractivity contribution in [1.29, 1.82) is 0 Å². The average molecular weight is 308 g/mol. The molecule has 0 radical (unpaired) electrons. The second-order valence-corrected chi connectivity index (χ2v) is 5.40. The lowest BCUT2D eigenvalue weighted by atomic mass is 10.2. The van der Waals surface area contributed by atoms with E-state index in [9.17, 15) is 0 Å². The first kappa shape index (κ1) is 15.9. The zero-order chi connectivity index (χ0) is 15.1. The van der Waals surface area contributed by atoms with Gasteiger partial charge in [-0.1, -0.05) is 30.7 Å². The molecule has 0 aliphatic rings. The number of halogens is 1. The minimum atomic E-state index is 0.574. The Morgan fingerprint density at radius 1 is 1.29 bits per heavy atom. The zero-order valence-electron chi connectivity index (χ0n) is 12.6. The lowest BCUT2D eigenvalue weighted by molar-refractivity contribution is 0.291. The molecule has 0 amide bonds. The maximum Gasteiger partial charge on any atom is 0.119 e. The topological polar surface area (TPSA) is 39.1 Å². The molecule has 2 aromatic rings. The first-order valence-corrected chi connectivity index (χ1v) is 7.69. The van der Waals surface area contributed by atoms with Crippen molar-refractivity contribution in [1.82, 2.24) is 15.1 Å². The fourth-order valence-corrected chi connectivity index (χ4v) is 2.13. The van der Waals surface area contributed by atoms with Gasteiger partial charge in [-0.2, -0.15) is 5.10 Å². The number of benzene rings is 1. The number of rotatable bonds is 8. The van der Waals surface area contributed by atoms with Crippen LogP contribution in [0.3, 0.4) is 0 Å². The molecular formula is C16H22ClN3O. The van der Waals surface area contributed by atoms with E-state index in [4.69, 9.17) is 16.3 Å². The minimum absolute atomic E-state index is 0.574. The van der Waals surface area contributed by atoms with E-state index in [1.165, 1.54) is 5.56 Å². The van der Waals surface area contributed by atoms with Crippen molar-refractivity contribution in [2.24, 2.45) is 0 Å². The van der Waals surface area contributed by atoms with Gasteiger partial charge in [-0.25, -0.2) is 0 Å². The molecule has 4 nitrogen and oxygen atoms in total. The van der Waals surface area contributed by atoms with Crippen molar-refractivity contribution >= 4 is 11.6 Å². The molecule has 1 N–H and O–H groups in total. The molecule has 21 heavy (non-hydrogen) atoms. The summed E-state index contributed by atoms with van der Waals surface area (Å²) in [6.45, 7) is 7.27. The number of ether oxygens (including phenoxy) is 1. The molecule has 1 heterocycles. The fourth-order valence-electron chi connectivity index (χ4n) is 1.98. The molecule has 0 fully saturated rings. The van der Waals surface area contributed by atoms with Crippen LogP contribution in [0.15, 0.2) is 30.5 Å². The Morgan fingerprint density at radius 2 is 2.05 bits per heavy atom. The molecule has 0 aliphatic carbocycles. The normalized spacial score (nSPS) is 10.8. The summed E-state index contributed by atoms with van der Waals surface area (Å²) in [5, 5.41) is 8.37. The van der Waals surface area contributed by atoms with Gasteiger partial charge in [-0.05, 0) is 37.6 Å². The lowest BCUT2D eigenvalue weighted by Crippen LogP contribution is -2.13. The highest BCUT2D eigenvalue weighted by atomic mass is 35.5. The highest BCUT2D eigenvalue weighted by molar-refractivity contribution is 6.31. The van der Waals surface area contributed by atoms with Crippen molar-refractivity contribution in [2.45, 2.75) is 33.4 Å². The zero-order valence-corrected chi connectivity index (χ0v) is 13.4. The predicted octanol–water partition coefficient (Wildman–Crippen LogP) is 3.42. The van der Waals surface area contributed by atoms with Crippen LogP contribution in [-0.4, -0.2) is 22.9 Å². The summed E-state index contributed by atoms with van der Waals surface area (Å²) in [6.07, 6.45) is 2.97. The molecule has 2 rings (SSSR count). The summed E-state index contributed by atoms with van der Waals surface area (Å²) in [5.41, 5.74) is 2.12. The van der Waals surface area contributed by atoms with Gasteiger partial charge >= 0.3 is 0 Å². The number of aryl methyl sites for hydroxylation is 1. The number of hydrogen-bond donors (Lipinski definition) is 1. The summed E-state index contributed by atoms with van der Waals surface area (Å²) in [5.74, 6) is 0.879. The Balaban J connectivity index is 1.75. The number of aromatic nitrogens is 2. The largest absolute Gasteiger partial charge is 0.492 e. The van der Waals surface area contributed by atoms with E-state index in [1.54, 1.807) is 4.68 Å². The van der Waals surface area contributed by atoms with Gasteiger partial charge in [0.15, 0.2) is 0 Å². The third kappa shape index (κ3) is 5.06. The van der Waals surface area contributed by atoms with Crippen LogP contribution in [0.5, 0.6) is 5.75 Å². The van der Waals surface area contributed by atoms with Gasteiger partial charge in [0.25, 0.3) is 0 Å². The van der Waals surface area contributed by atoms with Gasteiger partial charge in [-0.15, -0.1) is 0 Å². The van der Waals surface area contributed by atoms with E-state index < -0.39 is 0 Å². The molecule has 0 bridgehead atoms. The van der Waals surface area contributed by atoms with Crippen molar-refractivity contribution in [3.8, 4) is 5.75 Å². The summed E-state index contributed by atoms with van der Waals surface area (Å²) in [4.78, 5) is 0. The van der Waals surface area contributed by atoms with Crippen molar-refractivity contribution in [3.05, 3.63) is 46.7 Å². The Labute approximate surface area is 131 Å². The van der Waals surface area contributed by atoms with Gasteiger partial charge in [0.1, 0.15) is 12.4 Å². The van der Waals surface area contributed by atoms with Crippen LogP contribution in [0.1, 0.15) is 24.6 Å². The predicted molar refractivity (Wildman–Crippen MR) is 85.9 cm³/mol. The average Bonchev–Trinajstić information content (AvgIpc) is 2.80. The first-order chi connectivity index (χ1) is 10.2. The quantitative estimate of drug-likeness (QED) is 0.760. The van der Waals surface area contributed by atoms with Crippen LogP contribution in [0.4, 0.5) is 0 Å². The second-order valence-electron chi connectivity index (χ2n) is 4.99. The Morgan fingerprint density at radius 3 is 2.67 bits per heavy atom. The van der Waals surface area contributed by atoms with Gasteiger partial charge < -0.3 is 10.1 Å². The first-order valence-electron chi connectivity index (χ1n) is 7.31. The van der Waals surface area contributed by atoms with Crippen LogP contribution in [-0.2, 0) is 13.1 Å². The lowest BCUT2D eigenvalue weighted by Gasteiger charge is -2.08. The number of nitrogens with one attached hydrogen (secondary N) is 1. The SMILES string of the molecule is CCCNCc1ccc(OCCn2cc(Cl)c(C)n2)cc1. The Kier molecular flexibility index (Phi) is 6.08. The molecule has 0 saturated heterocycles. The van der Waals surface area contributed by atoms with Gasteiger partial charge in [0.05, 0.1) is 17.3 Å². The van der Waals surface area contributed by atoms with Crippen LogP contribution < -0.4 is 10.1 Å². The molecule has 0 spiro atoms. The molecule has 0 aliphatic heterocycles. The smallest absolute Gasteiger partial charge is 0.119 e. The molecule has 5 heteroatoms. The fraction of sp³-hybridized carbons (Fsp3) is 0.438. The van der Waals surface area contributed by atoms with Gasteiger partial charge in [0.2, 0.25) is 0 Å². The van der Waals surface area contributed by atoms with Crippen LogP contribution >= 0.6 is 11.6 Å². The molecule has 0 unspecified atom stereocenters. The summed E-state index contributed by atoms with van der Waals surface area (Å²) in [6, 6.07) is 8.19. The van der Waals surface area contributed by atoms with E-state index in [-0.39, 0.29) is 0 Å². The molecule has 0 saturated carbocycles. The maximum absolute atomic E-state index is 5.96. The Hall–Kier alpha value is -1.52. The molecule has 1 aromatic carbocycles. The molecular weight excluding hydrogens is 286 g/mol. The Bertz CT molecular complexity index is 532. The van der Waals surface area contributed by atoms with E-state index >= 15 is 0 Å². The third-order valence-corrected chi connectivity index (χ3v) is 3.53. The van der Waals surface area contributed by atoms with E-state index in [0.29, 0.717) is 18.2 Å². The number of nitrogens with zero attached hydrogens (tertiary/aromatic N) is 2. The summed E-state index contributed by atoms with van der Waals surface area (Å²) < 4.78 is 7.52. The van der Waals surface area contributed by atoms with Crippen molar-refractivity contribution < 1.29 is 4.74 Å². The molecule has 0 atom stereocenters. The standard InChI is InChI=1S/C16H22ClN3O/c1-3-8-18-11-14-4-6-15(7-5-14)21-10-9-20-12-16(17)13(2)19-20/h4-7,12,18H,3,8-11H2,1-2H3. The van der Waals surface area contributed by atoms with E-state index in [1.807, 2.05) is 25.3 Å². The third-order valence-electron chi connectivity index (χ3n) is 3.15. The van der Waals surface area contributed by atoms with E-state index in [0.717, 1.165) is 31.0 Å². The summed E-state index contributed by atoms with van der Waals surface area (Å²) in [7, 11) is 0. The highest BCUT2D eigenvalue weighted by Gasteiger charge is 2.02. The molecule has 1 aromatic heterocycles. The monoisotopic (exact) mass is 307 g/mol. The van der Waals surface area contributed by atoms with E-state index in [2.05, 4.69) is 29.5 Å². The van der Waals surface area contributed by atoms with Crippen LogP contribution in [0, 0.1) is 6.92 Å². The number of hydrogen-bond acceptors (Lipinski definition) is 3. The van der Waals surface area contributed by atoms with Crippen LogP contribution in [0.25, 0.3) is 0 Å². The minimum Gasteiger partial charge on any atom is -0.492 e. The van der Waals surface area contributed by atoms with Crippen molar-refractivity contribution in [2.75, 3.05) is 13.2 Å². The van der Waals surface area contributed by atoms with Crippen LogP contribution in [0.2, 0.25) is 5.02 Å². The second kappa shape index (κ2) is 8.05. The van der Waals surface area contributed by atoms with Gasteiger partial charge in [0, 0.05) is 12.7 Å². The van der Waals surface area contributed by atoms with Crippen molar-refractivity contribution in [3.63, 3.8) is 0 Å². The maximum atomic E-state index is 5.96. The van der Waals surface area contributed by atoms with Gasteiger partial charge in [-0.3, -0.25) is 4.68 Å².